The molecule has 0 saturated heterocycles. The van der Waals surface area contributed by atoms with Crippen molar-refractivity contribution < 1.29 is 0 Å². The van der Waals surface area contributed by atoms with Gasteiger partial charge in [-0.05, 0) is 24.3 Å². The number of pyridine rings is 1. The molecule has 0 aliphatic carbocycles. The quantitative estimate of drug-likeness (QED) is 0.934. The summed E-state index contributed by atoms with van der Waals surface area (Å²) in [5, 5.41) is 3.86. The minimum Gasteiger partial charge on any atom is -0.382 e. The van der Waals surface area contributed by atoms with E-state index in [1.165, 1.54) is 0 Å². The van der Waals surface area contributed by atoms with Crippen LogP contribution in [0.3, 0.4) is 0 Å². The van der Waals surface area contributed by atoms with Gasteiger partial charge in [0.1, 0.15) is 0 Å². The Morgan fingerprint density at radius 2 is 2.11 bits per heavy atom. The SMILES string of the molecule is O=c1ccccn1CCNc1ccc(Br)cc1Cl. The molecule has 1 aromatic heterocycles. The van der Waals surface area contributed by atoms with Crippen LogP contribution in [0.2, 0.25) is 5.02 Å². The van der Waals surface area contributed by atoms with Crippen LogP contribution in [-0.2, 0) is 6.54 Å². The van der Waals surface area contributed by atoms with Gasteiger partial charge in [0.25, 0.3) is 5.56 Å². The van der Waals surface area contributed by atoms with Gasteiger partial charge >= 0.3 is 0 Å². The van der Waals surface area contributed by atoms with Gasteiger partial charge in [-0.15, -0.1) is 0 Å². The predicted molar refractivity (Wildman–Crippen MR) is 78.3 cm³/mol. The van der Waals surface area contributed by atoms with Crippen LogP contribution >= 0.6 is 27.5 Å². The number of benzene rings is 1. The van der Waals surface area contributed by atoms with Crippen molar-refractivity contribution in [2.24, 2.45) is 0 Å². The number of aromatic nitrogens is 1. The Bertz CT molecular complexity index is 598. The molecular weight excluding hydrogens is 316 g/mol. The molecule has 3 nitrogen and oxygen atoms in total. The minimum atomic E-state index is 0.00111. The summed E-state index contributed by atoms with van der Waals surface area (Å²) in [4.78, 5) is 11.5. The summed E-state index contributed by atoms with van der Waals surface area (Å²) in [6.07, 6.45) is 1.77. The highest BCUT2D eigenvalue weighted by Crippen LogP contribution is 2.25. The summed E-state index contributed by atoms with van der Waals surface area (Å²) >= 11 is 9.43. The van der Waals surface area contributed by atoms with Crippen LogP contribution in [0.25, 0.3) is 0 Å². The molecule has 2 aromatic rings. The molecule has 0 aliphatic rings. The molecule has 0 radical (unpaired) electrons. The van der Waals surface area contributed by atoms with Gasteiger partial charge in [-0.2, -0.15) is 0 Å². The first kappa shape index (κ1) is 13.2. The van der Waals surface area contributed by atoms with E-state index in [4.69, 9.17) is 11.6 Å². The van der Waals surface area contributed by atoms with Gasteiger partial charge < -0.3 is 9.88 Å². The van der Waals surface area contributed by atoms with Gasteiger partial charge in [-0.1, -0.05) is 33.6 Å². The third-order valence-electron chi connectivity index (χ3n) is 2.50. The Labute approximate surface area is 119 Å². The second kappa shape index (κ2) is 6.07. The number of rotatable bonds is 4. The number of nitrogens with zero attached hydrogens (tertiary/aromatic N) is 1. The van der Waals surface area contributed by atoms with Gasteiger partial charge in [-0.3, -0.25) is 4.79 Å². The second-order valence-corrected chi connectivity index (χ2v) is 5.11. The van der Waals surface area contributed by atoms with Crippen molar-refractivity contribution in [3.63, 3.8) is 0 Å². The van der Waals surface area contributed by atoms with E-state index in [-0.39, 0.29) is 5.56 Å². The van der Waals surface area contributed by atoms with Gasteiger partial charge in [0, 0.05) is 29.8 Å². The van der Waals surface area contributed by atoms with Gasteiger partial charge in [0.05, 0.1) is 10.7 Å². The smallest absolute Gasteiger partial charge is 0.250 e. The normalized spacial score (nSPS) is 10.3. The lowest BCUT2D eigenvalue weighted by Gasteiger charge is -2.09. The van der Waals surface area contributed by atoms with Crippen LogP contribution in [0.5, 0.6) is 0 Å². The zero-order valence-corrected chi connectivity index (χ0v) is 11.9. The molecule has 1 aromatic carbocycles. The first-order valence-corrected chi connectivity index (χ1v) is 6.68. The Balaban J connectivity index is 1.97. The van der Waals surface area contributed by atoms with Gasteiger partial charge in [0.2, 0.25) is 0 Å². The monoisotopic (exact) mass is 326 g/mol. The van der Waals surface area contributed by atoms with E-state index < -0.39 is 0 Å². The summed E-state index contributed by atoms with van der Waals surface area (Å²) in [6, 6.07) is 10.8. The lowest BCUT2D eigenvalue weighted by atomic mass is 10.3. The molecule has 0 aliphatic heterocycles. The summed E-state index contributed by atoms with van der Waals surface area (Å²) in [7, 11) is 0. The summed E-state index contributed by atoms with van der Waals surface area (Å²) in [6.45, 7) is 1.25. The Kier molecular flexibility index (Phi) is 4.44. The van der Waals surface area contributed by atoms with Gasteiger partial charge in [0.15, 0.2) is 0 Å². The number of anilines is 1. The van der Waals surface area contributed by atoms with Gasteiger partial charge in [-0.25, -0.2) is 0 Å². The molecule has 2 rings (SSSR count). The average molecular weight is 328 g/mol. The van der Waals surface area contributed by atoms with E-state index in [9.17, 15) is 4.79 Å². The molecular formula is C13H12BrClN2O. The molecule has 1 N–H and O–H groups in total. The summed E-state index contributed by atoms with van der Waals surface area (Å²) in [5.74, 6) is 0. The predicted octanol–water partition coefficient (Wildman–Crippen LogP) is 3.38. The van der Waals surface area contributed by atoms with E-state index >= 15 is 0 Å². The topological polar surface area (TPSA) is 34.0 Å². The minimum absolute atomic E-state index is 0.00111. The van der Waals surface area contributed by atoms with Crippen LogP contribution in [-0.4, -0.2) is 11.1 Å². The lowest BCUT2D eigenvalue weighted by Crippen LogP contribution is -2.22. The highest BCUT2D eigenvalue weighted by Gasteiger charge is 2.00. The second-order valence-electron chi connectivity index (χ2n) is 3.78. The van der Waals surface area contributed by atoms with Crippen LogP contribution in [0.15, 0.2) is 51.9 Å². The van der Waals surface area contributed by atoms with E-state index in [1.807, 2.05) is 24.3 Å². The number of halogens is 2. The van der Waals surface area contributed by atoms with Crippen molar-refractivity contribution in [1.82, 2.24) is 4.57 Å². The van der Waals surface area contributed by atoms with Crippen LogP contribution < -0.4 is 10.9 Å². The molecule has 0 saturated carbocycles. The van der Waals surface area contributed by atoms with E-state index in [2.05, 4.69) is 21.2 Å². The first-order chi connectivity index (χ1) is 8.66. The molecule has 0 amide bonds. The van der Waals surface area contributed by atoms with E-state index in [0.717, 1.165) is 10.2 Å². The van der Waals surface area contributed by atoms with Crippen molar-refractivity contribution in [3.05, 3.63) is 62.4 Å². The van der Waals surface area contributed by atoms with E-state index in [1.54, 1.807) is 22.9 Å². The molecule has 0 spiro atoms. The van der Waals surface area contributed by atoms with E-state index in [0.29, 0.717) is 18.1 Å². The van der Waals surface area contributed by atoms with Crippen molar-refractivity contribution in [2.45, 2.75) is 6.54 Å². The average Bonchev–Trinajstić information content (AvgIpc) is 2.34. The zero-order valence-electron chi connectivity index (χ0n) is 9.57. The molecule has 0 fully saturated rings. The maximum Gasteiger partial charge on any atom is 0.250 e. The fraction of sp³-hybridized carbons (Fsp3) is 0.154. The van der Waals surface area contributed by atoms with Crippen molar-refractivity contribution >= 4 is 33.2 Å². The van der Waals surface area contributed by atoms with Crippen molar-refractivity contribution in [3.8, 4) is 0 Å². The maximum atomic E-state index is 11.5. The van der Waals surface area contributed by atoms with Crippen molar-refractivity contribution in [1.29, 1.82) is 0 Å². The molecule has 0 unspecified atom stereocenters. The number of hydrogen-bond donors (Lipinski definition) is 1. The van der Waals surface area contributed by atoms with Crippen LogP contribution in [0.4, 0.5) is 5.69 Å². The molecule has 94 valence electrons. The van der Waals surface area contributed by atoms with Crippen LogP contribution in [0.1, 0.15) is 0 Å². The highest BCUT2D eigenvalue weighted by atomic mass is 79.9. The Morgan fingerprint density at radius 1 is 1.28 bits per heavy atom. The van der Waals surface area contributed by atoms with Crippen molar-refractivity contribution in [2.75, 3.05) is 11.9 Å². The first-order valence-electron chi connectivity index (χ1n) is 5.51. The summed E-state index contributed by atoms with van der Waals surface area (Å²) < 4.78 is 2.59. The number of hydrogen-bond acceptors (Lipinski definition) is 2. The highest BCUT2D eigenvalue weighted by molar-refractivity contribution is 9.10. The number of nitrogens with one attached hydrogen (secondary N) is 1. The Hall–Kier alpha value is -1.26. The van der Waals surface area contributed by atoms with Crippen LogP contribution in [0, 0.1) is 0 Å². The largest absolute Gasteiger partial charge is 0.382 e. The molecule has 5 heteroatoms. The third kappa shape index (κ3) is 3.37. The maximum absolute atomic E-state index is 11.5. The Morgan fingerprint density at radius 3 is 2.83 bits per heavy atom. The standard InChI is InChI=1S/C13H12BrClN2O/c14-10-4-5-12(11(15)9-10)16-6-8-17-7-2-1-3-13(17)18/h1-5,7,9,16H,6,8H2. The zero-order chi connectivity index (χ0) is 13.0. The molecule has 18 heavy (non-hydrogen) atoms. The molecule has 1 heterocycles. The fourth-order valence-corrected chi connectivity index (χ4v) is 2.33. The molecule has 0 bridgehead atoms. The summed E-state index contributed by atoms with van der Waals surface area (Å²) in [5.41, 5.74) is 0.866. The molecule has 0 atom stereocenters. The third-order valence-corrected chi connectivity index (χ3v) is 3.30. The lowest BCUT2D eigenvalue weighted by molar-refractivity contribution is 0.697. The fourth-order valence-electron chi connectivity index (χ4n) is 1.59.